The van der Waals surface area contributed by atoms with Crippen LogP contribution in [-0.4, -0.2) is 42.6 Å². The lowest BCUT2D eigenvalue weighted by molar-refractivity contribution is 0.273. The summed E-state index contributed by atoms with van der Waals surface area (Å²) in [6.07, 6.45) is 3.51. The number of aliphatic imine (C=N–C) groups is 1. The Morgan fingerprint density at radius 1 is 1.11 bits per heavy atom. The first-order valence-corrected chi connectivity index (χ1v) is 7.19. The van der Waals surface area contributed by atoms with E-state index in [0.29, 0.717) is 5.96 Å². The number of hydrogen-bond acceptors (Lipinski definition) is 2. The van der Waals surface area contributed by atoms with E-state index in [0.717, 1.165) is 19.5 Å². The molecular formula is C14H33IN4. The van der Waals surface area contributed by atoms with Crippen molar-refractivity contribution in [3.8, 4) is 0 Å². The van der Waals surface area contributed by atoms with Crippen molar-refractivity contribution in [2.75, 3.05) is 26.2 Å². The molecule has 116 valence electrons. The predicted octanol–water partition coefficient (Wildman–Crippen LogP) is 2.82. The molecule has 0 saturated carbocycles. The van der Waals surface area contributed by atoms with E-state index in [1.807, 2.05) is 0 Å². The summed E-state index contributed by atoms with van der Waals surface area (Å²) in [6, 6.07) is 0. The molecule has 3 N–H and O–H groups in total. The standard InChI is InChI=1S/C14H32N4.HI/c1-6-10-18(11-7-2)12-8-9-16-13(15)17-14(3,4)5;/h6-12H2,1-5H3,(H3,15,16,17);1H. The van der Waals surface area contributed by atoms with E-state index in [9.17, 15) is 0 Å². The van der Waals surface area contributed by atoms with Crippen LogP contribution < -0.4 is 11.1 Å². The normalized spacial score (nSPS) is 12.4. The highest BCUT2D eigenvalue weighted by Gasteiger charge is 2.09. The molecule has 0 atom stereocenters. The van der Waals surface area contributed by atoms with Gasteiger partial charge in [0.15, 0.2) is 5.96 Å². The molecule has 0 spiro atoms. The third-order valence-corrected chi connectivity index (χ3v) is 2.50. The van der Waals surface area contributed by atoms with E-state index >= 15 is 0 Å². The molecule has 0 aliphatic rings. The predicted molar refractivity (Wildman–Crippen MR) is 96.4 cm³/mol. The Morgan fingerprint density at radius 2 is 1.63 bits per heavy atom. The Morgan fingerprint density at radius 3 is 2.05 bits per heavy atom. The third-order valence-electron chi connectivity index (χ3n) is 2.50. The first-order valence-electron chi connectivity index (χ1n) is 7.19. The Hall–Kier alpha value is -0.0400. The van der Waals surface area contributed by atoms with Crippen LogP contribution in [0.15, 0.2) is 4.99 Å². The largest absolute Gasteiger partial charge is 0.370 e. The summed E-state index contributed by atoms with van der Waals surface area (Å²) >= 11 is 0. The lowest BCUT2D eigenvalue weighted by atomic mass is 10.1. The number of guanidine groups is 1. The highest BCUT2D eigenvalue weighted by Crippen LogP contribution is 1.98. The monoisotopic (exact) mass is 384 g/mol. The smallest absolute Gasteiger partial charge is 0.188 e. The Kier molecular flexibility index (Phi) is 13.2. The van der Waals surface area contributed by atoms with Gasteiger partial charge in [0.05, 0.1) is 0 Å². The van der Waals surface area contributed by atoms with Crippen LogP contribution in [0.25, 0.3) is 0 Å². The van der Waals surface area contributed by atoms with Gasteiger partial charge in [-0.1, -0.05) is 13.8 Å². The molecule has 0 bridgehead atoms. The number of rotatable bonds is 8. The fraction of sp³-hybridized carbons (Fsp3) is 0.929. The zero-order chi connectivity index (χ0) is 14.0. The molecule has 0 saturated heterocycles. The van der Waals surface area contributed by atoms with Crippen LogP contribution in [-0.2, 0) is 0 Å². The molecule has 0 radical (unpaired) electrons. The van der Waals surface area contributed by atoms with Crippen molar-refractivity contribution < 1.29 is 0 Å². The molecular weight excluding hydrogens is 351 g/mol. The molecule has 0 aromatic rings. The number of halogens is 1. The van der Waals surface area contributed by atoms with E-state index < -0.39 is 0 Å². The van der Waals surface area contributed by atoms with E-state index in [1.54, 1.807) is 0 Å². The van der Waals surface area contributed by atoms with Crippen LogP contribution in [0, 0.1) is 0 Å². The van der Waals surface area contributed by atoms with Gasteiger partial charge in [-0.3, -0.25) is 4.99 Å². The van der Waals surface area contributed by atoms with Crippen molar-refractivity contribution in [3.63, 3.8) is 0 Å². The Balaban J connectivity index is 0. The summed E-state index contributed by atoms with van der Waals surface area (Å²) in [4.78, 5) is 6.86. The van der Waals surface area contributed by atoms with Gasteiger partial charge in [-0.05, 0) is 59.7 Å². The number of hydrogen-bond donors (Lipinski definition) is 2. The van der Waals surface area contributed by atoms with E-state index in [1.165, 1.54) is 25.9 Å². The second-order valence-electron chi connectivity index (χ2n) is 5.84. The molecule has 4 nitrogen and oxygen atoms in total. The molecule has 0 heterocycles. The molecule has 0 aromatic heterocycles. The van der Waals surface area contributed by atoms with Crippen LogP contribution in [0.2, 0.25) is 0 Å². The highest BCUT2D eigenvalue weighted by molar-refractivity contribution is 14.0. The molecule has 0 aromatic carbocycles. The lowest BCUT2D eigenvalue weighted by Crippen LogP contribution is -2.45. The van der Waals surface area contributed by atoms with E-state index in [4.69, 9.17) is 5.73 Å². The lowest BCUT2D eigenvalue weighted by Gasteiger charge is -2.22. The van der Waals surface area contributed by atoms with Crippen molar-refractivity contribution in [3.05, 3.63) is 0 Å². The third kappa shape index (κ3) is 14.2. The summed E-state index contributed by atoms with van der Waals surface area (Å²) in [7, 11) is 0. The van der Waals surface area contributed by atoms with Gasteiger partial charge in [-0.15, -0.1) is 24.0 Å². The van der Waals surface area contributed by atoms with Crippen molar-refractivity contribution in [2.24, 2.45) is 10.7 Å². The summed E-state index contributed by atoms with van der Waals surface area (Å²) in [5.41, 5.74) is 5.81. The minimum Gasteiger partial charge on any atom is -0.370 e. The van der Waals surface area contributed by atoms with Crippen molar-refractivity contribution in [1.82, 2.24) is 10.2 Å². The minimum absolute atomic E-state index is 0. The first-order chi connectivity index (χ1) is 8.39. The Labute approximate surface area is 136 Å². The molecule has 0 rings (SSSR count). The SMILES string of the molecule is CCCN(CCC)CCCN=C(N)NC(C)(C)C.I. The van der Waals surface area contributed by atoms with Gasteiger partial charge in [-0.25, -0.2) is 0 Å². The second-order valence-corrected chi connectivity index (χ2v) is 5.84. The van der Waals surface area contributed by atoms with E-state index in [2.05, 4.69) is 49.8 Å². The quantitative estimate of drug-likeness (QED) is 0.293. The molecule has 0 aliphatic carbocycles. The summed E-state index contributed by atoms with van der Waals surface area (Å²) in [6.45, 7) is 15.0. The Bertz CT molecular complexity index is 230. The summed E-state index contributed by atoms with van der Waals surface area (Å²) in [5, 5.41) is 3.17. The van der Waals surface area contributed by atoms with Crippen LogP contribution in [0.3, 0.4) is 0 Å². The molecule has 0 aliphatic heterocycles. The van der Waals surface area contributed by atoms with Crippen LogP contribution in [0.5, 0.6) is 0 Å². The molecule has 0 unspecified atom stereocenters. The van der Waals surface area contributed by atoms with Crippen LogP contribution in [0.4, 0.5) is 0 Å². The van der Waals surface area contributed by atoms with Crippen molar-refractivity contribution >= 4 is 29.9 Å². The van der Waals surface area contributed by atoms with Crippen LogP contribution >= 0.6 is 24.0 Å². The summed E-state index contributed by atoms with van der Waals surface area (Å²) < 4.78 is 0. The fourth-order valence-electron chi connectivity index (χ4n) is 1.89. The van der Waals surface area contributed by atoms with Gasteiger partial charge < -0.3 is 16.0 Å². The van der Waals surface area contributed by atoms with Gasteiger partial charge in [0.2, 0.25) is 0 Å². The molecule has 19 heavy (non-hydrogen) atoms. The zero-order valence-electron chi connectivity index (χ0n) is 13.3. The fourth-order valence-corrected chi connectivity index (χ4v) is 1.89. The average Bonchev–Trinajstić information content (AvgIpc) is 2.22. The van der Waals surface area contributed by atoms with E-state index in [-0.39, 0.29) is 29.5 Å². The van der Waals surface area contributed by atoms with Crippen molar-refractivity contribution in [1.29, 1.82) is 0 Å². The first kappa shape index (κ1) is 21.3. The second kappa shape index (κ2) is 11.8. The maximum Gasteiger partial charge on any atom is 0.188 e. The summed E-state index contributed by atoms with van der Waals surface area (Å²) in [5.74, 6) is 0.556. The minimum atomic E-state index is -0.00988. The molecule has 0 amide bonds. The van der Waals surface area contributed by atoms with Crippen molar-refractivity contribution in [2.45, 2.75) is 59.4 Å². The van der Waals surface area contributed by atoms with Gasteiger partial charge >= 0.3 is 0 Å². The molecule has 5 heteroatoms. The molecule has 0 fully saturated rings. The van der Waals surface area contributed by atoms with Gasteiger partial charge in [0.1, 0.15) is 0 Å². The maximum absolute atomic E-state index is 5.82. The van der Waals surface area contributed by atoms with Crippen LogP contribution in [0.1, 0.15) is 53.9 Å². The number of nitrogens with two attached hydrogens (primary N) is 1. The highest BCUT2D eigenvalue weighted by atomic mass is 127. The topological polar surface area (TPSA) is 53.6 Å². The van der Waals surface area contributed by atoms with Gasteiger partial charge in [-0.2, -0.15) is 0 Å². The average molecular weight is 384 g/mol. The van der Waals surface area contributed by atoms with Gasteiger partial charge in [0.25, 0.3) is 0 Å². The number of nitrogens with one attached hydrogen (secondary N) is 1. The van der Waals surface area contributed by atoms with Gasteiger partial charge in [0, 0.05) is 12.1 Å². The zero-order valence-corrected chi connectivity index (χ0v) is 15.7. The number of nitrogens with zero attached hydrogens (tertiary/aromatic N) is 2. The maximum atomic E-state index is 5.82.